The summed E-state index contributed by atoms with van der Waals surface area (Å²) in [5.41, 5.74) is 2.33. The van der Waals surface area contributed by atoms with Crippen molar-refractivity contribution in [3.63, 3.8) is 0 Å². The highest BCUT2D eigenvalue weighted by molar-refractivity contribution is 5.80. The summed E-state index contributed by atoms with van der Waals surface area (Å²) < 4.78 is 10.3. The number of carbonyl (C=O) groups is 2. The molecule has 0 bridgehead atoms. The van der Waals surface area contributed by atoms with Crippen LogP contribution in [0.25, 0.3) is 0 Å². The zero-order chi connectivity index (χ0) is 17.0. The summed E-state index contributed by atoms with van der Waals surface area (Å²) in [4.78, 5) is 26.1. The quantitative estimate of drug-likeness (QED) is 0.799. The van der Waals surface area contributed by atoms with E-state index in [2.05, 4.69) is 0 Å². The summed E-state index contributed by atoms with van der Waals surface area (Å²) in [5, 5.41) is 0. The van der Waals surface area contributed by atoms with Gasteiger partial charge in [-0.15, -0.1) is 0 Å². The number of carbonyl (C=O) groups excluding carboxylic acids is 2. The lowest BCUT2D eigenvalue weighted by Gasteiger charge is -2.34. The summed E-state index contributed by atoms with van der Waals surface area (Å²) in [6.07, 6.45) is 1.04. The van der Waals surface area contributed by atoms with Gasteiger partial charge in [0.15, 0.2) is 5.72 Å². The van der Waals surface area contributed by atoms with E-state index < -0.39 is 11.9 Å². The van der Waals surface area contributed by atoms with Crippen LogP contribution in [0.5, 0.6) is 0 Å². The number of benzene rings is 1. The Kier molecular flexibility index (Phi) is 5.29. The molecule has 1 heterocycles. The molecule has 5 nitrogen and oxygen atoms in total. The van der Waals surface area contributed by atoms with Gasteiger partial charge in [0, 0.05) is 13.0 Å². The van der Waals surface area contributed by atoms with Gasteiger partial charge in [0.2, 0.25) is 5.91 Å². The van der Waals surface area contributed by atoms with Crippen LogP contribution in [0.2, 0.25) is 0 Å². The van der Waals surface area contributed by atoms with Gasteiger partial charge in [-0.25, -0.2) is 4.79 Å². The van der Waals surface area contributed by atoms with E-state index in [-0.39, 0.29) is 12.5 Å². The van der Waals surface area contributed by atoms with Crippen molar-refractivity contribution in [1.29, 1.82) is 0 Å². The zero-order valence-corrected chi connectivity index (χ0v) is 14.3. The maximum absolute atomic E-state index is 12.8. The molecule has 0 N–H and O–H groups in total. The van der Waals surface area contributed by atoms with E-state index in [4.69, 9.17) is 9.47 Å². The third-order valence-corrected chi connectivity index (χ3v) is 4.43. The van der Waals surface area contributed by atoms with E-state index in [0.717, 1.165) is 23.1 Å². The highest BCUT2D eigenvalue weighted by Gasteiger charge is 2.43. The lowest BCUT2D eigenvalue weighted by molar-refractivity contribution is -0.152. The Morgan fingerprint density at radius 3 is 2.52 bits per heavy atom. The van der Waals surface area contributed by atoms with Crippen LogP contribution >= 0.6 is 0 Å². The molecule has 2 rings (SSSR count). The van der Waals surface area contributed by atoms with Gasteiger partial charge in [-0.3, -0.25) is 4.79 Å². The molecule has 0 radical (unpaired) electrons. The lowest BCUT2D eigenvalue weighted by atomic mass is 9.99. The molecule has 1 fully saturated rings. The minimum absolute atomic E-state index is 0.0216. The van der Waals surface area contributed by atoms with Crippen LogP contribution in [0.15, 0.2) is 18.2 Å². The zero-order valence-electron chi connectivity index (χ0n) is 14.3. The molecule has 0 aliphatic carbocycles. The molecule has 0 aromatic heterocycles. The van der Waals surface area contributed by atoms with Crippen LogP contribution in [-0.4, -0.2) is 35.8 Å². The van der Waals surface area contributed by atoms with Gasteiger partial charge in [0.05, 0.1) is 13.0 Å². The van der Waals surface area contributed by atoms with E-state index in [1.165, 1.54) is 0 Å². The number of nitrogens with zero attached hydrogens (tertiary/aromatic N) is 1. The molecular formula is C18H25NO4. The predicted molar refractivity (Wildman–Crippen MR) is 87.1 cm³/mol. The number of hydrogen-bond donors (Lipinski definition) is 0. The van der Waals surface area contributed by atoms with Crippen LogP contribution in [0.1, 0.15) is 43.4 Å². The Bertz CT molecular complexity index is 578. The Morgan fingerprint density at radius 1 is 1.26 bits per heavy atom. The maximum Gasteiger partial charge on any atom is 0.510 e. The van der Waals surface area contributed by atoms with Crippen molar-refractivity contribution in [3.05, 3.63) is 34.9 Å². The van der Waals surface area contributed by atoms with E-state index >= 15 is 0 Å². The van der Waals surface area contributed by atoms with Crippen molar-refractivity contribution in [3.8, 4) is 0 Å². The number of hydrogen-bond acceptors (Lipinski definition) is 4. The van der Waals surface area contributed by atoms with Crippen LogP contribution in [0, 0.1) is 13.8 Å². The first-order valence-corrected chi connectivity index (χ1v) is 8.08. The van der Waals surface area contributed by atoms with Gasteiger partial charge in [-0.1, -0.05) is 18.2 Å². The van der Waals surface area contributed by atoms with Crippen molar-refractivity contribution in [2.45, 2.75) is 52.7 Å². The standard InChI is InChI=1S/C18H25NO4/c1-5-22-17(21)23-18(4)10-7-11-19(18)16(20)12-15-13(2)8-6-9-14(15)3/h6,8-9H,5,7,10-12H2,1-4H3. The molecule has 0 spiro atoms. The van der Waals surface area contributed by atoms with E-state index in [0.29, 0.717) is 19.4 Å². The van der Waals surface area contributed by atoms with Gasteiger partial charge < -0.3 is 14.4 Å². The molecule has 1 saturated heterocycles. The molecular weight excluding hydrogens is 294 g/mol. The number of likely N-dealkylation sites (tertiary alicyclic amines) is 1. The Morgan fingerprint density at radius 2 is 1.91 bits per heavy atom. The molecule has 1 aromatic carbocycles. The molecule has 126 valence electrons. The van der Waals surface area contributed by atoms with Gasteiger partial charge in [-0.05, 0) is 50.8 Å². The molecule has 1 aliphatic rings. The Hall–Kier alpha value is -2.04. The monoisotopic (exact) mass is 319 g/mol. The summed E-state index contributed by atoms with van der Waals surface area (Å²) >= 11 is 0. The number of rotatable bonds is 4. The van der Waals surface area contributed by atoms with E-state index in [9.17, 15) is 9.59 Å². The molecule has 0 saturated carbocycles. The second-order valence-corrected chi connectivity index (χ2v) is 6.16. The minimum Gasteiger partial charge on any atom is -0.435 e. The third-order valence-electron chi connectivity index (χ3n) is 4.43. The van der Waals surface area contributed by atoms with Gasteiger partial charge in [-0.2, -0.15) is 0 Å². The minimum atomic E-state index is -0.917. The highest BCUT2D eigenvalue weighted by atomic mass is 16.7. The second-order valence-electron chi connectivity index (χ2n) is 6.16. The molecule has 1 amide bonds. The molecule has 1 atom stereocenters. The van der Waals surface area contributed by atoms with Gasteiger partial charge in [0.25, 0.3) is 0 Å². The van der Waals surface area contributed by atoms with Gasteiger partial charge >= 0.3 is 6.16 Å². The first-order chi connectivity index (χ1) is 10.9. The molecule has 1 unspecified atom stereocenters. The van der Waals surface area contributed by atoms with Crippen LogP contribution < -0.4 is 0 Å². The predicted octanol–water partition coefficient (Wildman–Crippen LogP) is 3.36. The Labute approximate surface area is 137 Å². The number of aryl methyl sites for hydroxylation is 2. The average Bonchev–Trinajstić information content (AvgIpc) is 2.84. The van der Waals surface area contributed by atoms with Crippen molar-refractivity contribution >= 4 is 12.1 Å². The highest BCUT2D eigenvalue weighted by Crippen LogP contribution is 2.31. The normalized spacial score (nSPS) is 20.4. The van der Waals surface area contributed by atoms with Crippen LogP contribution in [0.4, 0.5) is 4.79 Å². The first kappa shape index (κ1) is 17.3. The molecule has 1 aliphatic heterocycles. The van der Waals surface area contributed by atoms with Crippen molar-refractivity contribution in [2.24, 2.45) is 0 Å². The molecule has 1 aromatic rings. The van der Waals surface area contributed by atoms with E-state index in [1.54, 1.807) is 18.7 Å². The number of amides is 1. The topological polar surface area (TPSA) is 55.8 Å². The largest absolute Gasteiger partial charge is 0.510 e. The summed E-state index contributed by atoms with van der Waals surface area (Å²) in [5.74, 6) is -0.0216. The fraction of sp³-hybridized carbons (Fsp3) is 0.556. The number of ether oxygens (including phenoxy) is 2. The summed E-state index contributed by atoms with van der Waals surface area (Å²) in [7, 11) is 0. The fourth-order valence-corrected chi connectivity index (χ4v) is 3.13. The summed E-state index contributed by atoms with van der Waals surface area (Å²) in [6, 6.07) is 6.00. The average molecular weight is 319 g/mol. The van der Waals surface area contributed by atoms with Crippen molar-refractivity contribution < 1.29 is 19.1 Å². The lowest BCUT2D eigenvalue weighted by Crippen LogP contribution is -2.49. The van der Waals surface area contributed by atoms with Crippen LogP contribution in [-0.2, 0) is 20.7 Å². The van der Waals surface area contributed by atoms with Gasteiger partial charge in [0.1, 0.15) is 0 Å². The molecule has 5 heteroatoms. The molecule has 23 heavy (non-hydrogen) atoms. The smallest absolute Gasteiger partial charge is 0.435 e. The van der Waals surface area contributed by atoms with Crippen molar-refractivity contribution in [2.75, 3.05) is 13.2 Å². The van der Waals surface area contributed by atoms with Crippen LogP contribution in [0.3, 0.4) is 0 Å². The first-order valence-electron chi connectivity index (χ1n) is 8.08. The SMILES string of the molecule is CCOC(=O)OC1(C)CCCN1C(=O)Cc1c(C)cccc1C. The maximum atomic E-state index is 12.8. The second kappa shape index (κ2) is 7.02. The summed E-state index contributed by atoms with van der Waals surface area (Å²) in [6.45, 7) is 8.37. The van der Waals surface area contributed by atoms with E-state index in [1.807, 2.05) is 32.0 Å². The fourth-order valence-electron chi connectivity index (χ4n) is 3.13. The van der Waals surface area contributed by atoms with Crippen molar-refractivity contribution in [1.82, 2.24) is 4.90 Å². The Balaban J connectivity index is 2.13. The third kappa shape index (κ3) is 3.84.